The highest BCUT2D eigenvalue weighted by Crippen LogP contribution is 2.20. The van der Waals surface area contributed by atoms with E-state index >= 15 is 0 Å². The fraction of sp³-hybridized carbons (Fsp3) is 0.231. The number of benzene rings is 1. The molecular weight excluding hydrogens is 332 g/mol. The normalized spacial score (nSPS) is 10.5. The highest BCUT2D eigenvalue weighted by Gasteiger charge is 2.18. The fourth-order valence-electron chi connectivity index (χ4n) is 1.69. The number of aromatic nitrogens is 2. The van der Waals surface area contributed by atoms with Gasteiger partial charge in [0, 0.05) is 10.4 Å². The molecule has 0 atom stereocenters. The zero-order chi connectivity index (χ0) is 13.8. The second-order valence-electron chi connectivity index (χ2n) is 3.75. The summed E-state index contributed by atoms with van der Waals surface area (Å²) in [6.45, 7) is 2.11. The quantitative estimate of drug-likeness (QED) is 0.629. The van der Waals surface area contributed by atoms with Crippen LogP contribution in [-0.4, -0.2) is 22.4 Å². The number of carbonyl (C=O) groups is 1. The molecule has 0 fully saturated rings. The Balaban J connectivity index is 2.42. The number of hydrogen-bond donors (Lipinski definition) is 0. The van der Waals surface area contributed by atoms with Gasteiger partial charge >= 0.3 is 5.97 Å². The summed E-state index contributed by atoms with van der Waals surface area (Å²) in [6, 6.07) is 7.24. The predicted octanol–water partition coefficient (Wildman–Crippen LogP) is 3.60. The highest BCUT2D eigenvalue weighted by molar-refractivity contribution is 9.08. The lowest BCUT2D eigenvalue weighted by molar-refractivity contribution is 0.0525. The molecule has 1 aromatic carbocycles. The van der Waals surface area contributed by atoms with E-state index in [2.05, 4.69) is 21.0 Å². The molecule has 0 aliphatic carbocycles. The van der Waals surface area contributed by atoms with E-state index in [9.17, 15) is 4.79 Å². The van der Waals surface area contributed by atoms with Crippen LogP contribution in [0, 0.1) is 0 Å². The van der Waals surface area contributed by atoms with E-state index in [-0.39, 0.29) is 5.97 Å². The molecule has 0 N–H and O–H groups in total. The molecular formula is C13H12BrClN2O2. The summed E-state index contributed by atoms with van der Waals surface area (Å²) >= 11 is 9.23. The number of ether oxygens (including phenoxy) is 1. The van der Waals surface area contributed by atoms with Crippen LogP contribution in [-0.2, 0) is 10.1 Å². The second kappa shape index (κ2) is 6.21. The molecule has 0 bridgehead atoms. The van der Waals surface area contributed by atoms with Gasteiger partial charge in [0.25, 0.3) is 0 Å². The zero-order valence-electron chi connectivity index (χ0n) is 10.3. The van der Waals surface area contributed by atoms with Gasteiger partial charge in [-0.1, -0.05) is 27.5 Å². The summed E-state index contributed by atoms with van der Waals surface area (Å²) in [6.07, 6.45) is 1.52. The van der Waals surface area contributed by atoms with E-state index in [1.54, 1.807) is 23.7 Å². The van der Waals surface area contributed by atoms with Crippen molar-refractivity contribution in [1.29, 1.82) is 0 Å². The van der Waals surface area contributed by atoms with E-state index < -0.39 is 0 Å². The molecule has 1 aromatic heterocycles. The lowest BCUT2D eigenvalue weighted by atomic mass is 10.2. The number of rotatable bonds is 4. The molecule has 0 saturated carbocycles. The van der Waals surface area contributed by atoms with Gasteiger partial charge in [-0.3, -0.25) is 0 Å². The molecule has 0 aliphatic rings. The van der Waals surface area contributed by atoms with Crippen molar-refractivity contribution < 1.29 is 9.53 Å². The maximum Gasteiger partial charge on any atom is 0.341 e. The van der Waals surface area contributed by atoms with Gasteiger partial charge in [0.2, 0.25) is 0 Å². The first-order valence-electron chi connectivity index (χ1n) is 5.73. The van der Waals surface area contributed by atoms with Crippen molar-refractivity contribution in [2.75, 3.05) is 6.61 Å². The molecule has 0 aliphatic heterocycles. The fourth-order valence-corrected chi connectivity index (χ4v) is 2.35. The monoisotopic (exact) mass is 342 g/mol. The summed E-state index contributed by atoms with van der Waals surface area (Å²) in [4.78, 5) is 11.8. The Hall–Kier alpha value is -1.33. The highest BCUT2D eigenvalue weighted by atomic mass is 79.9. The number of hydrogen-bond acceptors (Lipinski definition) is 3. The van der Waals surface area contributed by atoms with E-state index in [0.29, 0.717) is 22.5 Å². The van der Waals surface area contributed by atoms with Crippen molar-refractivity contribution in [3.05, 3.63) is 46.7 Å². The van der Waals surface area contributed by atoms with Gasteiger partial charge in [-0.2, -0.15) is 5.10 Å². The molecule has 0 unspecified atom stereocenters. The smallest absolute Gasteiger partial charge is 0.341 e. The molecule has 19 heavy (non-hydrogen) atoms. The zero-order valence-corrected chi connectivity index (χ0v) is 12.6. The van der Waals surface area contributed by atoms with Crippen molar-refractivity contribution >= 4 is 33.5 Å². The minimum absolute atomic E-state index is 0.340. The van der Waals surface area contributed by atoms with Crippen LogP contribution in [0.5, 0.6) is 0 Å². The number of halogens is 2. The first-order valence-corrected chi connectivity index (χ1v) is 7.23. The van der Waals surface area contributed by atoms with Gasteiger partial charge in [-0.05, 0) is 31.2 Å². The Bertz CT molecular complexity index is 581. The van der Waals surface area contributed by atoms with Gasteiger partial charge in [0.15, 0.2) is 0 Å². The second-order valence-corrected chi connectivity index (χ2v) is 4.74. The van der Waals surface area contributed by atoms with Crippen molar-refractivity contribution in [1.82, 2.24) is 9.78 Å². The third-order valence-electron chi connectivity index (χ3n) is 2.56. The van der Waals surface area contributed by atoms with Crippen LogP contribution in [0.25, 0.3) is 5.69 Å². The van der Waals surface area contributed by atoms with Gasteiger partial charge in [0.1, 0.15) is 5.56 Å². The summed E-state index contributed by atoms with van der Waals surface area (Å²) in [5.74, 6) is -0.364. The van der Waals surface area contributed by atoms with Gasteiger partial charge in [-0.25, -0.2) is 9.48 Å². The minimum Gasteiger partial charge on any atom is -0.462 e. The van der Waals surface area contributed by atoms with Crippen molar-refractivity contribution in [2.45, 2.75) is 12.3 Å². The average Bonchev–Trinajstić information content (AvgIpc) is 2.83. The van der Waals surface area contributed by atoms with Gasteiger partial charge in [0.05, 0.1) is 24.2 Å². The number of esters is 1. The van der Waals surface area contributed by atoms with E-state index in [1.165, 1.54) is 6.20 Å². The van der Waals surface area contributed by atoms with Crippen LogP contribution in [0.1, 0.15) is 23.0 Å². The topological polar surface area (TPSA) is 44.1 Å². The van der Waals surface area contributed by atoms with Crippen molar-refractivity contribution in [3.8, 4) is 5.69 Å². The lowest BCUT2D eigenvalue weighted by Gasteiger charge is -2.07. The Kier molecular flexibility index (Phi) is 4.61. The maximum absolute atomic E-state index is 11.8. The standard InChI is InChI=1S/C13H12BrClN2O2/c1-2-19-13(18)11-8-16-17(12(11)7-14)10-5-3-9(15)4-6-10/h3-6,8H,2,7H2,1H3. The average molecular weight is 344 g/mol. The lowest BCUT2D eigenvalue weighted by Crippen LogP contribution is -2.08. The van der Waals surface area contributed by atoms with Crippen molar-refractivity contribution in [2.24, 2.45) is 0 Å². The summed E-state index contributed by atoms with van der Waals surface area (Å²) in [5.41, 5.74) is 2.06. The van der Waals surface area contributed by atoms with Crippen LogP contribution in [0.4, 0.5) is 0 Å². The molecule has 0 spiro atoms. The van der Waals surface area contributed by atoms with E-state index in [1.807, 2.05) is 12.1 Å². The number of carbonyl (C=O) groups excluding carboxylic acids is 1. The summed E-state index contributed by atoms with van der Waals surface area (Å²) in [7, 11) is 0. The number of nitrogens with zero attached hydrogens (tertiary/aromatic N) is 2. The van der Waals surface area contributed by atoms with Crippen molar-refractivity contribution in [3.63, 3.8) is 0 Å². The van der Waals surface area contributed by atoms with E-state index in [0.717, 1.165) is 11.4 Å². The largest absolute Gasteiger partial charge is 0.462 e. The SMILES string of the molecule is CCOC(=O)c1cnn(-c2ccc(Cl)cc2)c1CBr. The van der Waals surface area contributed by atoms with Gasteiger partial charge < -0.3 is 4.74 Å². The Morgan fingerprint density at radius 2 is 2.11 bits per heavy atom. The predicted molar refractivity (Wildman–Crippen MR) is 77.2 cm³/mol. The third kappa shape index (κ3) is 2.98. The summed E-state index contributed by atoms with van der Waals surface area (Å²) in [5, 5.41) is 5.39. The Morgan fingerprint density at radius 3 is 2.68 bits per heavy atom. The molecule has 4 nitrogen and oxygen atoms in total. The Morgan fingerprint density at radius 1 is 1.42 bits per heavy atom. The molecule has 0 saturated heterocycles. The number of alkyl halides is 1. The third-order valence-corrected chi connectivity index (χ3v) is 3.35. The van der Waals surface area contributed by atoms with Gasteiger partial charge in [-0.15, -0.1) is 0 Å². The molecule has 6 heteroatoms. The van der Waals surface area contributed by atoms with Crippen LogP contribution in [0.2, 0.25) is 5.02 Å². The molecule has 100 valence electrons. The maximum atomic E-state index is 11.8. The first-order chi connectivity index (χ1) is 9.17. The van der Waals surface area contributed by atoms with Crippen LogP contribution >= 0.6 is 27.5 Å². The van der Waals surface area contributed by atoms with Crippen LogP contribution in [0.15, 0.2) is 30.5 Å². The molecule has 2 aromatic rings. The molecule has 0 amide bonds. The first kappa shape index (κ1) is 14.1. The summed E-state index contributed by atoms with van der Waals surface area (Å²) < 4.78 is 6.70. The Labute approximate surface area is 124 Å². The molecule has 2 rings (SSSR count). The van der Waals surface area contributed by atoms with E-state index in [4.69, 9.17) is 16.3 Å². The van der Waals surface area contributed by atoms with Crippen LogP contribution < -0.4 is 0 Å². The molecule has 0 radical (unpaired) electrons. The minimum atomic E-state index is -0.364. The van der Waals surface area contributed by atoms with Crippen LogP contribution in [0.3, 0.4) is 0 Å². The molecule has 1 heterocycles.